The van der Waals surface area contributed by atoms with Crippen LogP contribution < -0.4 is 20.2 Å². The molecule has 0 aliphatic rings. The van der Waals surface area contributed by atoms with Gasteiger partial charge in [0.2, 0.25) is 0 Å². The average molecular weight is 396 g/mol. The van der Waals surface area contributed by atoms with Crippen molar-refractivity contribution in [2.45, 2.75) is 0 Å². The number of halogens is 2. The number of carbonyl (C=O) groups is 2. The van der Waals surface area contributed by atoms with Gasteiger partial charge in [0.25, 0.3) is 0 Å². The Kier molecular flexibility index (Phi) is 6.82. The third kappa shape index (κ3) is 5.11. The molecule has 0 bridgehead atoms. The maximum atomic E-state index is 12.0. The lowest BCUT2D eigenvalue weighted by Gasteiger charge is -2.10. The van der Waals surface area contributed by atoms with E-state index in [-0.39, 0.29) is 0 Å². The summed E-state index contributed by atoms with van der Waals surface area (Å²) in [4.78, 5) is 23.8. The molecule has 9 heteroatoms. The van der Waals surface area contributed by atoms with Crippen LogP contribution in [0.15, 0.2) is 41.5 Å². The zero-order valence-corrected chi connectivity index (χ0v) is 15.4. The van der Waals surface area contributed by atoms with Crippen molar-refractivity contribution in [2.75, 3.05) is 19.5 Å². The van der Waals surface area contributed by atoms with Crippen LogP contribution in [-0.4, -0.2) is 32.2 Å². The van der Waals surface area contributed by atoms with Crippen LogP contribution in [0.2, 0.25) is 10.0 Å². The highest BCUT2D eigenvalue weighted by Crippen LogP contribution is 2.28. The highest BCUT2D eigenvalue weighted by Gasteiger charge is 2.15. The molecule has 2 amide bonds. The van der Waals surface area contributed by atoms with Gasteiger partial charge in [-0.15, -0.1) is 0 Å². The largest absolute Gasteiger partial charge is 0.497 e. The first-order valence-electron chi connectivity index (χ1n) is 7.26. The number of hydrogen-bond donors (Lipinski definition) is 2. The van der Waals surface area contributed by atoms with E-state index in [2.05, 4.69) is 15.8 Å². The number of amides is 2. The zero-order chi connectivity index (χ0) is 19.1. The van der Waals surface area contributed by atoms with Crippen LogP contribution in [0.5, 0.6) is 11.5 Å². The first kappa shape index (κ1) is 19.6. The molecule has 0 aliphatic heterocycles. The summed E-state index contributed by atoms with van der Waals surface area (Å²) < 4.78 is 10.2. The van der Waals surface area contributed by atoms with Crippen LogP contribution in [0.25, 0.3) is 0 Å². The lowest BCUT2D eigenvalue weighted by molar-refractivity contribution is -0.136. The molecule has 2 aromatic carbocycles. The molecule has 0 radical (unpaired) electrons. The third-order valence-corrected chi connectivity index (χ3v) is 3.93. The van der Waals surface area contributed by atoms with Crippen molar-refractivity contribution in [2.24, 2.45) is 5.10 Å². The van der Waals surface area contributed by atoms with Crippen molar-refractivity contribution >= 4 is 46.9 Å². The van der Waals surface area contributed by atoms with Crippen molar-refractivity contribution in [3.05, 3.63) is 52.0 Å². The lowest BCUT2D eigenvalue weighted by atomic mass is 10.2. The Morgan fingerprint density at radius 2 is 1.77 bits per heavy atom. The number of nitrogens with zero attached hydrogens (tertiary/aromatic N) is 1. The fourth-order valence-electron chi connectivity index (χ4n) is 1.89. The monoisotopic (exact) mass is 395 g/mol. The van der Waals surface area contributed by atoms with Crippen LogP contribution in [0.3, 0.4) is 0 Å². The maximum absolute atomic E-state index is 12.0. The highest BCUT2D eigenvalue weighted by atomic mass is 35.5. The van der Waals surface area contributed by atoms with E-state index in [1.165, 1.54) is 20.4 Å². The number of nitrogens with one attached hydrogen (secondary N) is 2. The minimum Gasteiger partial charge on any atom is -0.497 e. The summed E-state index contributed by atoms with van der Waals surface area (Å²) in [5, 5.41) is 6.90. The summed E-state index contributed by atoms with van der Waals surface area (Å²) in [6.07, 6.45) is 1.33. The molecule has 0 aliphatic carbocycles. The Hall–Kier alpha value is -2.77. The van der Waals surface area contributed by atoms with Crippen molar-refractivity contribution in [1.29, 1.82) is 0 Å². The van der Waals surface area contributed by atoms with E-state index in [9.17, 15) is 9.59 Å². The molecule has 0 unspecified atom stereocenters. The summed E-state index contributed by atoms with van der Waals surface area (Å²) in [5.41, 5.74) is 3.05. The average Bonchev–Trinajstić information content (AvgIpc) is 2.64. The van der Waals surface area contributed by atoms with E-state index >= 15 is 0 Å². The molecular formula is C17H15Cl2N3O4. The van der Waals surface area contributed by atoms with Crippen molar-refractivity contribution in [3.8, 4) is 11.5 Å². The SMILES string of the molecule is COc1ccc(NC(=O)C(=O)NN=Cc2ccc(Cl)c(Cl)c2)c(OC)c1. The Bertz CT molecular complexity index is 856. The van der Waals surface area contributed by atoms with E-state index in [4.69, 9.17) is 32.7 Å². The molecule has 136 valence electrons. The molecule has 2 rings (SSSR count). The van der Waals surface area contributed by atoms with Gasteiger partial charge in [-0.2, -0.15) is 5.10 Å². The fraction of sp³-hybridized carbons (Fsp3) is 0.118. The van der Waals surface area contributed by atoms with Gasteiger partial charge in [-0.05, 0) is 29.8 Å². The van der Waals surface area contributed by atoms with Gasteiger partial charge in [-0.3, -0.25) is 9.59 Å². The van der Waals surface area contributed by atoms with Gasteiger partial charge in [0.15, 0.2) is 0 Å². The van der Waals surface area contributed by atoms with Crippen molar-refractivity contribution < 1.29 is 19.1 Å². The molecule has 7 nitrogen and oxygen atoms in total. The summed E-state index contributed by atoms with van der Waals surface area (Å²) in [7, 11) is 2.94. The first-order valence-corrected chi connectivity index (χ1v) is 8.01. The van der Waals surface area contributed by atoms with Gasteiger partial charge in [0.05, 0.1) is 36.2 Å². The number of anilines is 1. The minimum absolute atomic E-state index is 0.321. The zero-order valence-electron chi connectivity index (χ0n) is 13.9. The van der Waals surface area contributed by atoms with Crippen LogP contribution in [0.4, 0.5) is 5.69 Å². The second-order valence-electron chi connectivity index (χ2n) is 4.89. The summed E-state index contributed by atoms with van der Waals surface area (Å²) in [6.45, 7) is 0. The number of methoxy groups -OCH3 is 2. The number of ether oxygens (including phenoxy) is 2. The molecular weight excluding hydrogens is 381 g/mol. The molecule has 26 heavy (non-hydrogen) atoms. The summed E-state index contributed by atoms with van der Waals surface area (Å²) in [6, 6.07) is 9.58. The molecule has 0 saturated carbocycles. The number of rotatable bonds is 5. The second kappa shape index (κ2) is 9.07. The number of hydrogen-bond acceptors (Lipinski definition) is 5. The van der Waals surface area contributed by atoms with Gasteiger partial charge >= 0.3 is 11.8 Å². The lowest BCUT2D eigenvalue weighted by Crippen LogP contribution is -2.32. The van der Waals surface area contributed by atoms with E-state index < -0.39 is 11.8 Å². The molecule has 0 atom stereocenters. The second-order valence-corrected chi connectivity index (χ2v) is 5.71. The Morgan fingerprint density at radius 3 is 2.42 bits per heavy atom. The van der Waals surface area contributed by atoms with Crippen LogP contribution in [-0.2, 0) is 9.59 Å². The number of hydrazone groups is 1. The molecule has 0 fully saturated rings. The smallest absolute Gasteiger partial charge is 0.329 e. The quantitative estimate of drug-likeness (QED) is 0.462. The summed E-state index contributed by atoms with van der Waals surface area (Å²) >= 11 is 11.7. The van der Waals surface area contributed by atoms with Gasteiger partial charge in [0.1, 0.15) is 11.5 Å². The van der Waals surface area contributed by atoms with Crippen LogP contribution in [0.1, 0.15) is 5.56 Å². The standard InChI is InChI=1S/C17H15Cl2N3O4/c1-25-11-4-6-14(15(8-11)26-2)21-16(23)17(24)22-20-9-10-3-5-12(18)13(19)7-10/h3-9H,1-2H3,(H,21,23)(H,22,24). The number of carbonyl (C=O) groups excluding carboxylic acids is 2. The van der Waals surface area contributed by atoms with Crippen LogP contribution in [0, 0.1) is 0 Å². The molecule has 2 N–H and O–H groups in total. The predicted molar refractivity (Wildman–Crippen MR) is 100 cm³/mol. The summed E-state index contributed by atoms with van der Waals surface area (Å²) in [5.74, 6) is -0.945. The van der Waals surface area contributed by atoms with Gasteiger partial charge in [0, 0.05) is 6.07 Å². The molecule has 0 saturated heterocycles. The van der Waals surface area contributed by atoms with E-state index in [0.29, 0.717) is 32.8 Å². The highest BCUT2D eigenvalue weighted by molar-refractivity contribution is 6.42. The Morgan fingerprint density at radius 1 is 1.00 bits per heavy atom. The van der Waals surface area contributed by atoms with E-state index in [1.807, 2.05) is 0 Å². The van der Waals surface area contributed by atoms with Gasteiger partial charge < -0.3 is 14.8 Å². The molecule has 0 spiro atoms. The molecule has 0 aromatic heterocycles. The predicted octanol–water partition coefficient (Wildman–Crippen LogP) is 3.10. The normalized spacial score (nSPS) is 10.5. The van der Waals surface area contributed by atoms with Crippen molar-refractivity contribution in [3.63, 3.8) is 0 Å². The maximum Gasteiger partial charge on any atom is 0.329 e. The fourth-order valence-corrected chi connectivity index (χ4v) is 2.20. The number of benzene rings is 2. The van der Waals surface area contributed by atoms with E-state index in [0.717, 1.165) is 0 Å². The van der Waals surface area contributed by atoms with Gasteiger partial charge in [-0.25, -0.2) is 5.43 Å². The van der Waals surface area contributed by atoms with Crippen LogP contribution >= 0.6 is 23.2 Å². The van der Waals surface area contributed by atoms with E-state index in [1.54, 1.807) is 36.4 Å². The van der Waals surface area contributed by atoms with Crippen molar-refractivity contribution in [1.82, 2.24) is 5.43 Å². The Labute approximate surface area is 159 Å². The molecule has 0 heterocycles. The topological polar surface area (TPSA) is 89.0 Å². The van der Waals surface area contributed by atoms with Gasteiger partial charge in [-0.1, -0.05) is 29.3 Å². The first-order chi connectivity index (χ1) is 12.4. The Balaban J connectivity index is 1.98. The molecule has 2 aromatic rings. The minimum atomic E-state index is -0.945. The third-order valence-electron chi connectivity index (χ3n) is 3.19.